The predicted octanol–water partition coefficient (Wildman–Crippen LogP) is 4.34. The number of alkyl halides is 2. The van der Waals surface area contributed by atoms with E-state index in [9.17, 15) is 18.4 Å². The first kappa shape index (κ1) is 20.3. The fourth-order valence-corrected chi connectivity index (χ4v) is 3.36. The predicted molar refractivity (Wildman–Crippen MR) is 107 cm³/mol. The Morgan fingerprint density at radius 1 is 1.26 bits per heavy atom. The van der Waals surface area contributed by atoms with Gasteiger partial charge in [0.2, 0.25) is 0 Å². The van der Waals surface area contributed by atoms with E-state index in [-0.39, 0.29) is 36.3 Å². The van der Waals surface area contributed by atoms with Crippen LogP contribution in [0.5, 0.6) is 11.5 Å². The van der Waals surface area contributed by atoms with Crippen molar-refractivity contribution in [1.82, 2.24) is 4.90 Å². The van der Waals surface area contributed by atoms with Gasteiger partial charge in [0.15, 0.2) is 11.5 Å². The number of ether oxygens (including phenoxy) is 4. The summed E-state index contributed by atoms with van der Waals surface area (Å²) in [5.74, 6) is -1.72. The Kier molecular flexibility index (Phi) is 6.08. The zero-order valence-electron chi connectivity index (χ0n) is 20.0. The smallest absolute Gasteiger partial charge is 0.411 e. The summed E-state index contributed by atoms with van der Waals surface area (Å²) in [4.78, 5) is 26.3. The molecule has 2 atom stereocenters. The van der Waals surface area contributed by atoms with E-state index < -0.39 is 36.9 Å². The lowest BCUT2D eigenvalue weighted by atomic mass is 9.96. The summed E-state index contributed by atoms with van der Waals surface area (Å²) < 4.78 is 62.2. The number of carbonyl (C=O) groups excluding carboxylic acids is 2. The highest BCUT2D eigenvalue weighted by Gasteiger charge is 2.42. The summed E-state index contributed by atoms with van der Waals surface area (Å²) in [6, 6.07) is 3.36. The standard InChI is InChI=1S/C22H29F2NO6/c1-22(2,3)31-21(27)25-11-15(9-16(25)19(26)28-4)14-7-8-17(30-20(23)24)18(10-14)29-12-13-5-6-13/h7-8,10,13,15-16,20H,5-6,9,11-12H2,1-4H3/t15?,16-/m1/s1/i12D2. The minimum Gasteiger partial charge on any atom is -0.489 e. The van der Waals surface area contributed by atoms with Gasteiger partial charge in [-0.25, -0.2) is 9.59 Å². The number of hydrogen-bond acceptors (Lipinski definition) is 6. The Morgan fingerprint density at radius 3 is 2.55 bits per heavy atom. The largest absolute Gasteiger partial charge is 0.489 e. The van der Waals surface area contributed by atoms with E-state index in [0.29, 0.717) is 18.4 Å². The molecule has 7 nitrogen and oxygen atoms in total. The fraction of sp³-hybridized carbons (Fsp3) is 0.636. The number of rotatable bonds is 7. The molecular formula is C22H29F2NO6. The third-order valence-electron chi connectivity index (χ3n) is 4.97. The lowest BCUT2D eigenvalue weighted by molar-refractivity contribution is -0.145. The number of benzene rings is 1. The van der Waals surface area contributed by atoms with Crippen LogP contribution in [0.3, 0.4) is 0 Å². The first-order chi connectivity index (χ1) is 15.3. The normalized spacial score (nSPS) is 22.6. The lowest BCUT2D eigenvalue weighted by Gasteiger charge is -2.27. The Bertz CT molecular complexity index is 888. The molecule has 172 valence electrons. The maximum atomic E-state index is 12.9. The molecule has 1 aromatic carbocycles. The lowest BCUT2D eigenvalue weighted by Crippen LogP contribution is -2.43. The number of halogens is 2. The van der Waals surface area contributed by atoms with Crippen molar-refractivity contribution in [3.63, 3.8) is 0 Å². The summed E-state index contributed by atoms with van der Waals surface area (Å²) in [7, 11) is 1.23. The van der Waals surface area contributed by atoms with Crippen molar-refractivity contribution < 1.29 is 40.1 Å². The maximum absolute atomic E-state index is 12.9. The van der Waals surface area contributed by atoms with Crippen LogP contribution in [-0.4, -0.2) is 55.4 Å². The van der Waals surface area contributed by atoms with E-state index in [0.717, 1.165) is 0 Å². The topological polar surface area (TPSA) is 74.3 Å². The van der Waals surface area contributed by atoms with Crippen LogP contribution in [0.25, 0.3) is 0 Å². The molecule has 2 fully saturated rings. The van der Waals surface area contributed by atoms with E-state index in [4.69, 9.17) is 17.0 Å². The van der Waals surface area contributed by atoms with Crippen molar-refractivity contribution in [2.45, 2.75) is 64.2 Å². The Balaban J connectivity index is 1.88. The second kappa shape index (κ2) is 9.28. The molecule has 1 saturated carbocycles. The zero-order chi connectivity index (χ0) is 24.6. The van der Waals surface area contributed by atoms with Crippen LogP contribution in [-0.2, 0) is 14.3 Å². The van der Waals surface area contributed by atoms with Crippen molar-refractivity contribution in [3.05, 3.63) is 23.8 Å². The highest BCUT2D eigenvalue weighted by atomic mass is 19.3. The van der Waals surface area contributed by atoms with Crippen molar-refractivity contribution in [1.29, 1.82) is 0 Å². The molecule has 0 N–H and O–H groups in total. The van der Waals surface area contributed by atoms with Gasteiger partial charge in [-0.15, -0.1) is 0 Å². The number of esters is 1. The van der Waals surface area contributed by atoms with Gasteiger partial charge in [-0.2, -0.15) is 8.78 Å². The molecular weight excluding hydrogens is 412 g/mol. The number of carbonyl (C=O) groups is 2. The van der Waals surface area contributed by atoms with E-state index in [1.807, 2.05) is 0 Å². The molecule has 1 heterocycles. The molecule has 1 aromatic rings. The van der Waals surface area contributed by atoms with E-state index in [2.05, 4.69) is 4.74 Å². The zero-order valence-corrected chi connectivity index (χ0v) is 18.0. The number of hydrogen-bond donors (Lipinski definition) is 0. The van der Waals surface area contributed by atoms with Gasteiger partial charge in [-0.3, -0.25) is 4.90 Å². The van der Waals surface area contributed by atoms with Gasteiger partial charge in [-0.1, -0.05) is 6.07 Å². The first-order valence-corrected chi connectivity index (χ1v) is 10.2. The van der Waals surface area contributed by atoms with Crippen LogP contribution >= 0.6 is 0 Å². The van der Waals surface area contributed by atoms with E-state index in [1.165, 1.54) is 30.2 Å². The molecule has 3 rings (SSSR count). The molecule has 1 aliphatic carbocycles. The van der Waals surface area contributed by atoms with Crippen LogP contribution < -0.4 is 9.47 Å². The van der Waals surface area contributed by atoms with Crippen molar-refractivity contribution in [2.75, 3.05) is 20.2 Å². The molecule has 0 bridgehead atoms. The molecule has 1 saturated heterocycles. The van der Waals surface area contributed by atoms with Gasteiger partial charge < -0.3 is 18.9 Å². The van der Waals surface area contributed by atoms with Crippen LogP contribution in [0.15, 0.2) is 18.2 Å². The Labute approximate surface area is 183 Å². The number of likely N-dealkylation sites (tertiary alicyclic amines) is 1. The van der Waals surface area contributed by atoms with Gasteiger partial charge in [0.25, 0.3) is 0 Å². The molecule has 1 amide bonds. The second-order valence-corrected chi connectivity index (χ2v) is 8.68. The second-order valence-electron chi connectivity index (χ2n) is 8.68. The Hall–Kier alpha value is -2.58. The molecule has 2 aliphatic rings. The first-order valence-electron chi connectivity index (χ1n) is 11.2. The summed E-state index contributed by atoms with van der Waals surface area (Å²) >= 11 is 0. The van der Waals surface area contributed by atoms with Gasteiger partial charge in [0.1, 0.15) is 11.6 Å². The van der Waals surface area contributed by atoms with Gasteiger partial charge in [0, 0.05) is 12.5 Å². The maximum Gasteiger partial charge on any atom is 0.411 e. The van der Waals surface area contributed by atoms with Crippen LogP contribution in [0, 0.1) is 5.92 Å². The van der Waals surface area contributed by atoms with Crippen molar-refractivity contribution >= 4 is 12.1 Å². The summed E-state index contributed by atoms with van der Waals surface area (Å²) in [5, 5.41) is 0. The van der Waals surface area contributed by atoms with Gasteiger partial charge in [0.05, 0.1) is 16.4 Å². The molecule has 0 aromatic heterocycles. The van der Waals surface area contributed by atoms with Crippen LogP contribution in [0.4, 0.5) is 13.6 Å². The third-order valence-corrected chi connectivity index (χ3v) is 4.97. The van der Waals surface area contributed by atoms with Crippen molar-refractivity contribution in [2.24, 2.45) is 5.92 Å². The quantitative estimate of drug-likeness (QED) is 0.584. The average Bonchev–Trinajstić information content (AvgIpc) is 3.46. The van der Waals surface area contributed by atoms with Crippen molar-refractivity contribution in [3.8, 4) is 11.5 Å². The fourth-order valence-electron chi connectivity index (χ4n) is 3.36. The highest BCUT2D eigenvalue weighted by molar-refractivity contribution is 5.82. The average molecular weight is 443 g/mol. The summed E-state index contributed by atoms with van der Waals surface area (Å²) in [6.07, 6.45) is 0.841. The molecule has 0 radical (unpaired) electrons. The molecule has 1 unspecified atom stereocenters. The van der Waals surface area contributed by atoms with Gasteiger partial charge >= 0.3 is 18.7 Å². The summed E-state index contributed by atoms with van der Waals surface area (Å²) in [5.41, 5.74) is -0.183. The summed E-state index contributed by atoms with van der Waals surface area (Å²) in [6.45, 7) is 0.118. The van der Waals surface area contributed by atoms with Gasteiger partial charge in [-0.05, 0) is 63.6 Å². The highest BCUT2D eigenvalue weighted by Crippen LogP contribution is 2.39. The van der Waals surface area contributed by atoms with E-state index >= 15 is 0 Å². The molecule has 0 spiro atoms. The number of nitrogens with zero attached hydrogens (tertiary/aromatic N) is 1. The monoisotopic (exact) mass is 443 g/mol. The third kappa shape index (κ3) is 6.21. The minimum absolute atomic E-state index is 0.124. The molecule has 31 heavy (non-hydrogen) atoms. The Morgan fingerprint density at radius 2 is 1.97 bits per heavy atom. The number of amides is 1. The minimum atomic E-state index is -3.11. The molecule has 1 aliphatic heterocycles. The van der Waals surface area contributed by atoms with Crippen LogP contribution in [0.2, 0.25) is 0 Å². The molecule has 9 heteroatoms. The van der Waals surface area contributed by atoms with E-state index in [1.54, 1.807) is 20.8 Å². The SMILES string of the molecule is [2H]C([2H])(Oc1cc(C2C[C@H](C(=O)OC)N(C(=O)OC(C)(C)C)C2)ccc1OC(F)F)C1CC1. The number of methoxy groups -OCH3 is 1. The van der Waals surface area contributed by atoms with Crippen LogP contribution in [0.1, 0.15) is 54.3 Å².